The second kappa shape index (κ2) is 16.8. The number of aromatic nitrogens is 1. The molecule has 3 aromatic rings. The van der Waals surface area contributed by atoms with Gasteiger partial charge in [0.2, 0.25) is 17.7 Å². The molecule has 0 bridgehead atoms. The van der Waals surface area contributed by atoms with E-state index in [9.17, 15) is 29.1 Å². The molecule has 236 valence electrons. The summed E-state index contributed by atoms with van der Waals surface area (Å²) in [6.07, 6.45) is 2.57. The molecule has 2 aromatic carbocycles. The van der Waals surface area contributed by atoms with Crippen LogP contribution in [0.3, 0.4) is 0 Å². The Morgan fingerprint density at radius 3 is 2.07 bits per heavy atom. The Labute approximate surface area is 254 Å². The molecule has 1 heterocycles. The molecule has 0 fully saturated rings. The fraction of sp³-hybridized carbons (Fsp3) is 0.387. The van der Waals surface area contributed by atoms with Crippen molar-refractivity contribution in [1.82, 2.24) is 20.9 Å². The lowest BCUT2D eigenvalue weighted by Gasteiger charge is -2.25. The Bertz CT molecular complexity index is 1430. The van der Waals surface area contributed by atoms with Gasteiger partial charge < -0.3 is 42.6 Å². The van der Waals surface area contributed by atoms with E-state index in [0.29, 0.717) is 24.9 Å². The van der Waals surface area contributed by atoms with Crippen LogP contribution in [-0.4, -0.2) is 75.6 Å². The fourth-order valence-corrected chi connectivity index (χ4v) is 4.77. The van der Waals surface area contributed by atoms with Crippen LogP contribution in [0.15, 0.2) is 60.8 Å². The van der Waals surface area contributed by atoms with Crippen molar-refractivity contribution < 1.29 is 34.2 Å². The van der Waals surface area contributed by atoms with Gasteiger partial charge in [-0.25, -0.2) is 4.79 Å². The van der Waals surface area contributed by atoms with Crippen molar-refractivity contribution in [1.29, 1.82) is 0 Å². The van der Waals surface area contributed by atoms with E-state index in [1.165, 1.54) is 0 Å². The number of aromatic amines is 1. The summed E-state index contributed by atoms with van der Waals surface area (Å²) in [5.74, 6) is -4.42. The average molecular weight is 609 g/mol. The maximum Gasteiger partial charge on any atom is 0.326 e. The van der Waals surface area contributed by atoms with Gasteiger partial charge >= 0.3 is 11.9 Å². The Morgan fingerprint density at radius 1 is 0.750 bits per heavy atom. The number of carboxylic acid groups (broad SMARTS) is 2. The van der Waals surface area contributed by atoms with Crippen LogP contribution >= 0.6 is 0 Å². The van der Waals surface area contributed by atoms with Crippen molar-refractivity contribution in [2.45, 2.75) is 69.1 Å². The third kappa shape index (κ3) is 10.2. The summed E-state index contributed by atoms with van der Waals surface area (Å²) >= 11 is 0. The van der Waals surface area contributed by atoms with E-state index in [2.05, 4.69) is 20.9 Å². The molecule has 0 aliphatic rings. The third-order valence-electron chi connectivity index (χ3n) is 7.22. The zero-order chi connectivity index (χ0) is 32.1. The second-order valence-electron chi connectivity index (χ2n) is 10.6. The van der Waals surface area contributed by atoms with E-state index in [-0.39, 0.29) is 32.1 Å². The lowest BCUT2D eigenvalue weighted by atomic mass is 10.0. The van der Waals surface area contributed by atoms with Crippen LogP contribution in [-0.2, 0) is 36.8 Å². The summed E-state index contributed by atoms with van der Waals surface area (Å²) in [5.41, 5.74) is 13.7. The highest BCUT2D eigenvalue weighted by Crippen LogP contribution is 2.19. The van der Waals surface area contributed by atoms with Crippen LogP contribution in [0.2, 0.25) is 0 Å². The molecule has 3 rings (SSSR count). The zero-order valence-electron chi connectivity index (χ0n) is 24.3. The quantitative estimate of drug-likeness (QED) is 0.0954. The van der Waals surface area contributed by atoms with E-state index in [1.54, 1.807) is 36.5 Å². The van der Waals surface area contributed by atoms with Gasteiger partial charge in [0.15, 0.2) is 0 Å². The van der Waals surface area contributed by atoms with Crippen molar-refractivity contribution in [2.24, 2.45) is 11.5 Å². The summed E-state index contributed by atoms with van der Waals surface area (Å²) in [6.45, 7) is 0.368. The number of nitrogens with one attached hydrogen (secondary N) is 4. The topological polar surface area (TPSA) is 230 Å². The number of carboxylic acids is 2. The normalized spacial score (nSPS) is 13.8. The molecule has 10 N–H and O–H groups in total. The Kier molecular flexibility index (Phi) is 12.9. The number of benzene rings is 2. The van der Waals surface area contributed by atoms with Crippen molar-refractivity contribution in [2.75, 3.05) is 6.54 Å². The van der Waals surface area contributed by atoms with E-state index >= 15 is 0 Å². The van der Waals surface area contributed by atoms with Crippen LogP contribution in [0.1, 0.15) is 43.2 Å². The number of unbranched alkanes of at least 4 members (excludes halogenated alkanes) is 1. The third-order valence-corrected chi connectivity index (χ3v) is 7.22. The van der Waals surface area contributed by atoms with Crippen molar-refractivity contribution in [3.8, 4) is 0 Å². The molecule has 4 atom stereocenters. The van der Waals surface area contributed by atoms with Crippen molar-refractivity contribution in [3.63, 3.8) is 0 Å². The standard InChI is InChI=1S/C31H40N6O7/c32-15-7-6-12-24(35-28(40)22(33)13-14-27(38)39)29(41)36-25(16-19-8-2-1-3-9-19)30(42)37-26(31(43)44)17-20-18-34-23-11-5-4-10-21(20)23/h1-5,8-11,18,22,24-26,34H,6-7,12-17,32-33H2,(H,35,40)(H,36,41)(H,37,42)(H,38,39)(H,43,44). The summed E-state index contributed by atoms with van der Waals surface area (Å²) in [6, 6.07) is 11.6. The lowest BCUT2D eigenvalue weighted by Crippen LogP contribution is -2.57. The molecular formula is C31H40N6O7. The highest BCUT2D eigenvalue weighted by atomic mass is 16.4. The molecule has 44 heavy (non-hydrogen) atoms. The van der Waals surface area contributed by atoms with Crippen LogP contribution < -0.4 is 27.4 Å². The van der Waals surface area contributed by atoms with E-state index in [4.69, 9.17) is 16.6 Å². The average Bonchev–Trinajstić information content (AvgIpc) is 3.41. The summed E-state index contributed by atoms with van der Waals surface area (Å²) in [7, 11) is 0. The number of para-hydroxylation sites is 1. The Hall–Kier alpha value is -4.75. The number of carbonyl (C=O) groups excluding carboxylic acids is 3. The molecule has 0 aliphatic carbocycles. The number of hydrogen-bond donors (Lipinski definition) is 8. The van der Waals surface area contributed by atoms with Gasteiger partial charge in [0.05, 0.1) is 6.04 Å². The molecule has 0 spiro atoms. The van der Waals surface area contributed by atoms with Crippen LogP contribution in [0.4, 0.5) is 0 Å². The number of amides is 3. The second-order valence-corrected chi connectivity index (χ2v) is 10.6. The molecule has 0 saturated carbocycles. The Balaban J connectivity index is 1.79. The van der Waals surface area contributed by atoms with E-state index < -0.39 is 53.8 Å². The zero-order valence-corrected chi connectivity index (χ0v) is 24.3. The minimum absolute atomic E-state index is 0.00307. The molecule has 0 aliphatic heterocycles. The molecule has 3 amide bonds. The number of aliphatic carboxylic acids is 2. The maximum absolute atomic E-state index is 13.6. The fourth-order valence-electron chi connectivity index (χ4n) is 4.77. The first-order valence-electron chi connectivity index (χ1n) is 14.5. The first kappa shape index (κ1) is 33.7. The maximum atomic E-state index is 13.6. The molecule has 0 saturated heterocycles. The SMILES string of the molecule is NCCCCC(NC(=O)C(N)CCC(=O)O)C(=O)NC(Cc1ccccc1)C(=O)NC(Cc1c[nH]c2ccccc12)C(=O)O. The number of nitrogens with two attached hydrogens (primary N) is 2. The molecule has 13 nitrogen and oxygen atoms in total. The van der Waals surface area contributed by atoms with Crippen LogP contribution in [0.25, 0.3) is 10.9 Å². The van der Waals surface area contributed by atoms with Crippen molar-refractivity contribution in [3.05, 3.63) is 71.9 Å². The lowest BCUT2D eigenvalue weighted by molar-refractivity contribution is -0.142. The van der Waals surface area contributed by atoms with Gasteiger partial charge in [-0.3, -0.25) is 19.2 Å². The van der Waals surface area contributed by atoms with Gasteiger partial charge in [0.1, 0.15) is 18.1 Å². The number of carbonyl (C=O) groups is 5. The summed E-state index contributed by atoms with van der Waals surface area (Å²) in [5, 5.41) is 27.5. The monoisotopic (exact) mass is 608 g/mol. The predicted molar refractivity (Wildman–Crippen MR) is 163 cm³/mol. The number of H-pyrrole nitrogens is 1. The van der Waals surface area contributed by atoms with Gasteiger partial charge in [-0.05, 0) is 49.4 Å². The van der Waals surface area contributed by atoms with Gasteiger partial charge in [0, 0.05) is 36.4 Å². The van der Waals surface area contributed by atoms with Crippen LogP contribution in [0, 0.1) is 0 Å². The number of rotatable bonds is 18. The number of hydrogen-bond acceptors (Lipinski definition) is 7. The van der Waals surface area contributed by atoms with Crippen molar-refractivity contribution >= 4 is 40.6 Å². The Morgan fingerprint density at radius 2 is 1.39 bits per heavy atom. The summed E-state index contributed by atoms with van der Waals surface area (Å²) in [4.78, 5) is 66.0. The largest absolute Gasteiger partial charge is 0.481 e. The van der Waals surface area contributed by atoms with E-state index in [1.807, 2.05) is 24.3 Å². The van der Waals surface area contributed by atoms with Gasteiger partial charge in [0.25, 0.3) is 0 Å². The van der Waals surface area contributed by atoms with Crippen LogP contribution in [0.5, 0.6) is 0 Å². The van der Waals surface area contributed by atoms with Gasteiger partial charge in [-0.1, -0.05) is 48.5 Å². The number of fused-ring (bicyclic) bond motifs is 1. The first-order valence-corrected chi connectivity index (χ1v) is 14.5. The minimum atomic E-state index is -1.29. The molecule has 1 aromatic heterocycles. The smallest absolute Gasteiger partial charge is 0.326 e. The molecular weight excluding hydrogens is 568 g/mol. The van der Waals surface area contributed by atoms with Gasteiger partial charge in [-0.2, -0.15) is 0 Å². The first-order chi connectivity index (χ1) is 21.1. The van der Waals surface area contributed by atoms with Gasteiger partial charge in [-0.15, -0.1) is 0 Å². The molecule has 0 radical (unpaired) electrons. The highest BCUT2D eigenvalue weighted by molar-refractivity contribution is 5.94. The predicted octanol–water partition coefficient (Wildman–Crippen LogP) is 0.813. The summed E-state index contributed by atoms with van der Waals surface area (Å²) < 4.78 is 0. The molecule has 13 heteroatoms. The molecule has 4 unspecified atom stereocenters. The van der Waals surface area contributed by atoms with E-state index in [0.717, 1.165) is 16.5 Å². The highest BCUT2D eigenvalue weighted by Gasteiger charge is 2.31. The minimum Gasteiger partial charge on any atom is -0.481 e.